The lowest BCUT2D eigenvalue weighted by atomic mass is 10.1. The normalized spacial score (nSPS) is 11.1. The lowest BCUT2D eigenvalue weighted by Crippen LogP contribution is -2.16. The quantitative estimate of drug-likeness (QED) is 0.850. The van der Waals surface area contributed by atoms with E-state index in [2.05, 4.69) is 25.7 Å². The van der Waals surface area contributed by atoms with E-state index in [1.807, 2.05) is 27.7 Å². The first-order valence-electron chi connectivity index (χ1n) is 7.23. The fourth-order valence-electron chi connectivity index (χ4n) is 2.06. The molecule has 0 aliphatic rings. The molecule has 0 radical (unpaired) electrons. The maximum Gasteiger partial charge on any atom is 0.248 e. The van der Waals surface area contributed by atoms with Crippen LogP contribution in [0, 0.1) is 0 Å². The zero-order valence-corrected chi connectivity index (χ0v) is 12.9. The Bertz CT molecular complexity index is 593. The standard InChI is InChI=1S/C14H21N5O2/c1-5-10-9(11(6-2)21-19-10)7-12(20)15-14-16-13(8(3)4)17-18-14/h8H,5-7H2,1-4H3,(H2,15,16,17,18,20). The predicted molar refractivity (Wildman–Crippen MR) is 78.1 cm³/mol. The summed E-state index contributed by atoms with van der Waals surface area (Å²) in [5, 5.41) is 13.5. The summed E-state index contributed by atoms with van der Waals surface area (Å²) in [5.74, 6) is 1.88. The van der Waals surface area contributed by atoms with Crippen LogP contribution < -0.4 is 5.32 Å². The number of rotatable bonds is 6. The molecule has 0 unspecified atom stereocenters. The molecule has 21 heavy (non-hydrogen) atoms. The molecule has 0 fully saturated rings. The van der Waals surface area contributed by atoms with Gasteiger partial charge in [-0.3, -0.25) is 15.2 Å². The minimum atomic E-state index is -0.170. The van der Waals surface area contributed by atoms with Crippen molar-refractivity contribution in [3.05, 3.63) is 22.8 Å². The van der Waals surface area contributed by atoms with E-state index < -0.39 is 0 Å². The van der Waals surface area contributed by atoms with Crippen LogP contribution in [0.3, 0.4) is 0 Å². The molecule has 2 N–H and O–H groups in total. The molecular weight excluding hydrogens is 270 g/mol. The van der Waals surface area contributed by atoms with E-state index in [9.17, 15) is 4.79 Å². The van der Waals surface area contributed by atoms with Crippen LogP contribution in [0.5, 0.6) is 0 Å². The van der Waals surface area contributed by atoms with Crippen LogP contribution in [0.15, 0.2) is 4.52 Å². The van der Waals surface area contributed by atoms with Crippen molar-refractivity contribution < 1.29 is 9.32 Å². The summed E-state index contributed by atoms with van der Waals surface area (Å²) in [6.07, 6.45) is 1.68. The van der Waals surface area contributed by atoms with Crippen molar-refractivity contribution >= 4 is 11.9 Å². The van der Waals surface area contributed by atoms with Crippen LogP contribution in [0.1, 0.15) is 56.5 Å². The number of nitrogens with one attached hydrogen (secondary N) is 2. The number of aryl methyl sites for hydroxylation is 2. The van der Waals surface area contributed by atoms with Gasteiger partial charge in [0.05, 0.1) is 12.1 Å². The number of aromatic amines is 1. The van der Waals surface area contributed by atoms with E-state index in [0.29, 0.717) is 12.4 Å². The smallest absolute Gasteiger partial charge is 0.248 e. The highest BCUT2D eigenvalue weighted by Gasteiger charge is 2.18. The zero-order valence-electron chi connectivity index (χ0n) is 12.9. The van der Waals surface area contributed by atoms with E-state index in [0.717, 1.165) is 29.3 Å². The Morgan fingerprint density at radius 1 is 1.33 bits per heavy atom. The first kappa shape index (κ1) is 15.2. The van der Waals surface area contributed by atoms with Gasteiger partial charge in [0.2, 0.25) is 11.9 Å². The van der Waals surface area contributed by atoms with Gasteiger partial charge in [-0.15, -0.1) is 5.10 Å². The van der Waals surface area contributed by atoms with Gasteiger partial charge >= 0.3 is 0 Å². The lowest BCUT2D eigenvalue weighted by Gasteiger charge is -2.02. The fraction of sp³-hybridized carbons (Fsp3) is 0.571. The van der Waals surface area contributed by atoms with Crippen molar-refractivity contribution in [3.63, 3.8) is 0 Å². The van der Waals surface area contributed by atoms with Crippen molar-refractivity contribution in [3.8, 4) is 0 Å². The molecule has 0 atom stereocenters. The van der Waals surface area contributed by atoms with Gasteiger partial charge in [0, 0.05) is 17.9 Å². The van der Waals surface area contributed by atoms with Crippen LogP contribution in [-0.4, -0.2) is 26.2 Å². The minimum absolute atomic E-state index is 0.170. The summed E-state index contributed by atoms with van der Waals surface area (Å²) in [6, 6.07) is 0. The molecule has 0 saturated carbocycles. The molecule has 0 aliphatic carbocycles. The van der Waals surface area contributed by atoms with Gasteiger partial charge in [0.25, 0.3) is 0 Å². The molecule has 114 valence electrons. The maximum atomic E-state index is 12.1. The molecule has 2 heterocycles. The van der Waals surface area contributed by atoms with Gasteiger partial charge in [0.15, 0.2) is 0 Å². The molecule has 0 saturated heterocycles. The molecule has 0 spiro atoms. The summed E-state index contributed by atoms with van der Waals surface area (Å²) in [5.41, 5.74) is 1.71. The second-order valence-corrected chi connectivity index (χ2v) is 5.16. The van der Waals surface area contributed by atoms with E-state index in [-0.39, 0.29) is 18.2 Å². The number of amides is 1. The third kappa shape index (κ3) is 3.48. The molecule has 2 rings (SSSR count). The summed E-state index contributed by atoms with van der Waals surface area (Å²) >= 11 is 0. The number of carbonyl (C=O) groups is 1. The average molecular weight is 291 g/mol. The maximum absolute atomic E-state index is 12.1. The number of anilines is 1. The van der Waals surface area contributed by atoms with Gasteiger partial charge < -0.3 is 4.52 Å². The van der Waals surface area contributed by atoms with E-state index in [1.165, 1.54) is 0 Å². The molecule has 7 heteroatoms. The first-order chi connectivity index (χ1) is 10.0. The number of nitrogens with zero attached hydrogens (tertiary/aromatic N) is 3. The van der Waals surface area contributed by atoms with Gasteiger partial charge in [-0.2, -0.15) is 4.98 Å². The molecule has 0 bridgehead atoms. The van der Waals surface area contributed by atoms with Gasteiger partial charge in [-0.25, -0.2) is 0 Å². The Balaban J connectivity index is 2.06. The lowest BCUT2D eigenvalue weighted by molar-refractivity contribution is -0.115. The number of carbonyl (C=O) groups excluding carboxylic acids is 1. The molecule has 2 aromatic heterocycles. The fourth-order valence-corrected chi connectivity index (χ4v) is 2.06. The third-order valence-electron chi connectivity index (χ3n) is 3.25. The monoisotopic (exact) mass is 291 g/mol. The van der Waals surface area contributed by atoms with Gasteiger partial charge in [0.1, 0.15) is 11.6 Å². The van der Waals surface area contributed by atoms with Crippen molar-refractivity contribution in [2.24, 2.45) is 0 Å². The Kier molecular flexibility index (Phi) is 4.72. The summed E-state index contributed by atoms with van der Waals surface area (Å²) in [7, 11) is 0. The van der Waals surface area contributed by atoms with E-state index >= 15 is 0 Å². The number of aromatic nitrogens is 4. The average Bonchev–Trinajstić information content (AvgIpc) is 3.05. The van der Waals surface area contributed by atoms with Crippen LogP contribution >= 0.6 is 0 Å². The molecule has 0 aromatic carbocycles. The summed E-state index contributed by atoms with van der Waals surface area (Å²) < 4.78 is 5.26. The van der Waals surface area contributed by atoms with Crippen molar-refractivity contribution in [1.82, 2.24) is 20.3 Å². The highest BCUT2D eigenvalue weighted by Crippen LogP contribution is 2.17. The van der Waals surface area contributed by atoms with Crippen molar-refractivity contribution in [1.29, 1.82) is 0 Å². The Morgan fingerprint density at radius 3 is 2.67 bits per heavy atom. The number of hydrogen-bond acceptors (Lipinski definition) is 5. The molecule has 7 nitrogen and oxygen atoms in total. The second kappa shape index (κ2) is 6.51. The highest BCUT2D eigenvalue weighted by atomic mass is 16.5. The molecule has 2 aromatic rings. The van der Waals surface area contributed by atoms with Crippen LogP contribution in [0.4, 0.5) is 5.95 Å². The van der Waals surface area contributed by atoms with Gasteiger partial charge in [-0.05, 0) is 6.42 Å². The minimum Gasteiger partial charge on any atom is -0.361 e. The molecule has 0 aliphatic heterocycles. The highest BCUT2D eigenvalue weighted by molar-refractivity contribution is 5.90. The topological polar surface area (TPSA) is 96.7 Å². The molecular formula is C14H21N5O2. The predicted octanol–water partition coefficient (Wildman–Crippen LogP) is 2.22. The second-order valence-electron chi connectivity index (χ2n) is 5.16. The first-order valence-corrected chi connectivity index (χ1v) is 7.23. The SMILES string of the molecule is CCc1noc(CC)c1CC(=O)Nc1n[nH]c(C(C)C)n1. The van der Waals surface area contributed by atoms with Crippen LogP contribution in [0.25, 0.3) is 0 Å². The third-order valence-corrected chi connectivity index (χ3v) is 3.25. The van der Waals surface area contributed by atoms with Gasteiger partial charge in [-0.1, -0.05) is 32.9 Å². The van der Waals surface area contributed by atoms with Crippen LogP contribution in [0.2, 0.25) is 0 Å². The Morgan fingerprint density at radius 2 is 2.10 bits per heavy atom. The Hall–Kier alpha value is -2.18. The summed E-state index contributed by atoms with van der Waals surface area (Å²) in [4.78, 5) is 16.3. The molecule has 1 amide bonds. The zero-order chi connectivity index (χ0) is 15.4. The number of H-pyrrole nitrogens is 1. The van der Waals surface area contributed by atoms with Crippen molar-refractivity contribution in [2.75, 3.05) is 5.32 Å². The van der Waals surface area contributed by atoms with Crippen LogP contribution in [-0.2, 0) is 24.1 Å². The summed E-state index contributed by atoms with van der Waals surface area (Å²) in [6.45, 7) is 7.98. The van der Waals surface area contributed by atoms with E-state index in [4.69, 9.17) is 4.52 Å². The number of hydrogen-bond donors (Lipinski definition) is 2. The van der Waals surface area contributed by atoms with Crippen molar-refractivity contribution in [2.45, 2.75) is 52.9 Å². The Labute approximate surface area is 123 Å². The van der Waals surface area contributed by atoms with E-state index in [1.54, 1.807) is 0 Å². The largest absolute Gasteiger partial charge is 0.361 e.